The lowest BCUT2D eigenvalue weighted by molar-refractivity contribution is 1.05. The lowest BCUT2D eigenvalue weighted by Gasteiger charge is -2.12. The Morgan fingerprint density at radius 1 is 1.10 bits per heavy atom. The average molecular weight is 328 g/mol. The minimum atomic E-state index is 0.792. The highest BCUT2D eigenvalue weighted by atomic mass is 79.9. The molecule has 0 saturated carbocycles. The third-order valence-corrected chi connectivity index (χ3v) is 3.67. The highest BCUT2D eigenvalue weighted by molar-refractivity contribution is 9.10. The molecule has 0 spiro atoms. The van der Waals surface area contributed by atoms with E-state index in [0.29, 0.717) is 0 Å². The Labute approximate surface area is 126 Å². The highest BCUT2D eigenvalue weighted by Crippen LogP contribution is 2.26. The summed E-state index contributed by atoms with van der Waals surface area (Å²) >= 11 is 3.61. The van der Waals surface area contributed by atoms with Crippen molar-refractivity contribution in [3.63, 3.8) is 0 Å². The van der Waals surface area contributed by atoms with Crippen molar-refractivity contribution in [2.45, 2.75) is 6.92 Å². The second kappa shape index (κ2) is 5.51. The van der Waals surface area contributed by atoms with Gasteiger partial charge in [0.25, 0.3) is 0 Å². The van der Waals surface area contributed by atoms with Crippen LogP contribution in [0.3, 0.4) is 0 Å². The van der Waals surface area contributed by atoms with Crippen LogP contribution in [0.5, 0.6) is 0 Å². The van der Waals surface area contributed by atoms with E-state index in [1.807, 2.05) is 41.1 Å². The van der Waals surface area contributed by atoms with Gasteiger partial charge in [-0.3, -0.25) is 4.57 Å². The summed E-state index contributed by atoms with van der Waals surface area (Å²) in [5.41, 5.74) is 3.30. The maximum Gasteiger partial charge on any atom is 0.212 e. The number of aryl methyl sites for hydroxylation is 1. The SMILES string of the molecule is Cc1ccc(-n2ccnc2Nc2ccccc2)c(Br)c1. The molecule has 0 atom stereocenters. The van der Waals surface area contributed by atoms with E-state index in [9.17, 15) is 0 Å². The average Bonchev–Trinajstić information content (AvgIpc) is 2.88. The zero-order valence-corrected chi connectivity index (χ0v) is 12.6. The topological polar surface area (TPSA) is 29.9 Å². The van der Waals surface area contributed by atoms with E-state index in [2.05, 4.69) is 51.4 Å². The Kier molecular flexibility index (Phi) is 3.56. The lowest BCUT2D eigenvalue weighted by atomic mass is 10.2. The van der Waals surface area contributed by atoms with Crippen LogP contribution < -0.4 is 5.32 Å². The molecule has 2 aromatic carbocycles. The number of para-hydroxylation sites is 1. The smallest absolute Gasteiger partial charge is 0.212 e. The zero-order chi connectivity index (χ0) is 13.9. The molecule has 0 unspecified atom stereocenters. The fourth-order valence-corrected chi connectivity index (χ4v) is 2.73. The van der Waals surface area contributed by atoms with Crippen LogP contribution in [0, 0.1) is 6.92 Å². The largest absolute Gasteiger partial charge is 0.325 e. The number of halogens is 1. The van der Waals surface area contributed by atoms with E-state index in [-0.39, 0.29) is 0 Å². The number of nitrogens with zero attached hydrogens (tertiary/aromatic N) is 2. The van der Waals surface area contributed by atoms with Gasteiger partial charge in [-0.25, -0.2) is 4.98 Å². The number of hydrogen-bond donors (Lipinski definition) is 1. The molecule has 0 amide bonds. The number of anilines is 2. The predicted molar refractivity (Wildman–Crippen MR) is 85.7 cm³/mol. The van der Waals surface area contributed by atoms with Gasteiger partial charge in [0.15, 0.2) is 0 Å². The molecule has 3 nitrogen and oxygen atoms in total. The molecule has 0 saturated heterocycles. The quantitative estimate of drug-likeness (QED) is 0.756. The van der Waals surface area contributed by atoms with Gasteiger partial charge in [-0.15, -0.1) is 0 Å². The first-order valence-electron chi connectivity index (χ1n) is 6.36. The van der Waals surface area contributed by atoms with Crippen LogP contribution in [-0.2, 0) is 0 Å². The zero-order valence-electron chi connectivity index (χ0n) is 11.0. The first kappa shape index (κ1) is 12.9. The molecule has 0 aliphatic rings. The molecule has 0 aliphatic carbocycles. The monoisotopic (exact) mass is 327 g/mol. The number of hydrogen-bond acceptors (Lipinski definition) is 2. The number of benzene rings is 2. The van der Waals surface area contributed by atoms with Crippen LogP contribution >= 0.6 is 15.9 Å². The van der Waals surface area contributed by atoms with E-state index < -0.39 is 0 Å². The normalized spacial score (nSPS) is 10.5. The minimum Gasteiger partial charge on any atom is -0.325 e. The van der Waals surface area contributed by atoms with E-state index >= 15 is 0 Å². The molecule has 1 aromatic heterocycles. The Balaban J connectivity index is 1.98. The Morgan fingerprint density at radius 3 is 2.65 bits per heavy atom. The van der Waals surface area contributed by atoms with Gasteiger partial charge in [-0.2, -0.15) is 0 Å². The third-order valence-electron chi connectivity index (χ3n) is 3.03. The summed E-state index contributed by atoms with van der Waals surface area (Å²) in [5, 5.41) is 3.32. The van der Waals surface area contributed by atoms with Gasteiger partial charge in [0.1, 0.15) is 0 Å². The van der Waals surface area contributed by atoms with Crippen LogP contribution in [0.15, 0.2) is 65.4 Å². The predicted octanol–water partition coefficient (Wildman–Crippen LogP) is 4.69. The van der Waals surface area contributed by atoms with Gasteiger partial charge in [0, 0.05) is 22.6 Å². The molecule has 1 N–H and O–H groups in total. The second-order valence-electron chi connectivity index (χ2n) is 4.57. The van der Waals surface area contributed by atoms with Crippen molar-refractivity contribution in [3.05, 3.63) is 71.0 Å². The summed E-state index contributed by atoms with van der Waals surface area (Å²) in [6, 6.07) is 16.3. The summed E-state index contributed by atoms with van der Waals surface area (Å²) in [6.45, 7) is 2.07. The minimum absolute atomic E-state index is 0.792. The van der Waals surface area contributed by atoms with Crippen molar-refractivity contribution in [1.82, 2.24) is 9.55 Å². The molecule has 0 radical (unpaired) electrons. The van der Waals surface area contributed by atoms with Gasteiger partial charge >= 0.3 is 0 Å². The van der Waals surface area contributed by atoms with Gasteiger partial charge in [-0.05, 0) is 52.7 Å². The van der Waals surface area contributed by atoms with Crippen LogP contribution in [-0.4, -0.2) is 9.55 Å². The highest BCUT2D eigenvalue weighted by Gasteiger charge is 2.08. The second-order valence-corrected chi connectivity index (χ2v) is 5.42. The molecule has 3 rings (SSSR count). The maximum atomic E-state index is 4.38. The van der Waals surface area contributed by atoms with Gasteiger partial charge in [0.05, 0.1) is 5.69 Å². The van der Waals surface area contributed by atoms with Crippen LogP contribution in [0.2, 0.25) is 0 Å². The fourth-order valence-electron chi connectivity index (χ4n) is 2.05. The van der Waals surface area contributed by atoms with Crippen LogP contribution in [0.4, 0.5) is 11.6 Å². The van der Waals surface area contributed by atoms with Crippen molar-refractivity contribution >= 4 is 27.6 Å². The Morgan fingerprint density at radius 2 is 1.90 bits per heavy atom. The summed E-state index contributed by atoms with van der Waals surface area (Å²) in [4.78, 5) is 4.38. The number of imidazole rings is 1. The first-order chi connectivity index (χ1) is 9.74. The number of aromatic nitrogens is 2. The molecule has 20 heavy (non-hydrogen) atoms. The summed E-state index contributed by atoms with van der Waals surface area (Å²) in [6.07, 6.45) is 3.73. The molecule has 0 bridgehead atoms. The van der Waals surface area contributed by atoms with Gasteiger partial charge in [-0.1, -0.05) is 24.3 Å². The molecule has 3 aromatic rings. The van der Waals surface area contributed by atoms with Crippen LogP contribution in [0.1, 0.15) is 5.56 Å². The Hall–Kier alpha value is -2.07. The van der Waals surface area contributed by atoms with E-state index in [0.717, 1.165) is 21.8 Å². The molecular formula is C16H14BrN3. The van der Waals surface area contributed by atoms with Crippen molar-refractivity contribution < 1.29 is 0 Å². The van der Waals surface area contributed by atoms with Gasteiger partial charge in [0.2, 0.25) is 5.95 Å². The third kappa shape index (κ3) is 2.60. The van der Waals surface area contributed by atoms with E-state index in [1.54, 1.807) is 6.20 Å². The van der Waals surface area contributed by atoms with Crippen molar-refractivity contribution in [3.8, 4) is 5.69 Å². The summed E-state index contributed by atoms with van der Waals surface area (Å²) in [7, 11) is 0. The maximum absolute atomic E-state index is 4.38. The molecular weight excluding hydrogens is 314 g/mol. The van der Waals surface area contributed by atoms with Crippen molar-refractivity contribution in [2.75, 3.05) is 5.32 Å². The van der Waals surface area contributed by atoms with E-state index in [4.69, 9.17) is 0 Å². The first-order valence-corrected chi connectivity index (χ1v) is 7.15. The Bertz CT molecular complexity index is 720. The van der Waals surface area contributed by atoms with Gasteiger partial charge < -0.3 is 5.32 Å². The standard InChI is InChI=1S/C16H14BrN3/c1-12-7-8-15(14(17)11-12)20-10-9-18-16(20)19-13-5-3-2-4-6-13/h2-11H,1H3,(H,18,19). The molecule has 0 aliphatic heterocycles. The molecule has 0 fully saturated rings. The fraction of sp³-hybridized carbons (Fsp3) is 0.0625. The molecule has 1 heterocycles. The van der Waals surface area contributed by atoms with Crippen molar-refractivity contribution in [1.29, 1.82) is 0 Å². The molecule has 4 heteroatoms. The summed E-state index contributed by atoms with van der Waals surface area (Å²) in [5.74, 6) is 0.792. The number of rotatable bonds is 3. The number of nitrogens with one attached hydrogen (secondary N) is 1. The lowest BCUT2D eigenvalue weighted by Crippen LogP contribution is -2.01. The van der Waals surface area contributed by atoms with Crippen molar-refractivity contribution in [2.24, 2.45) is 0 Å². The summed E-state index contributed by atoms with van der Waals surface area (Å²) < 4.78 is 3.07. The van der Waals surface area contributed by atoms with Crippen LogP contribution in [0.25, 0.3) is 5.69 Å². The molecule has 100 valence electrons. The van der Waals surface area contributed by atoms with E-state index in [1.165, 1.54) is 5.56 Å².